The van der Waals surface area contributed by atoms with Crippen LogP contribution in [0.4, 0.5) is 4.39 Å². The van der Waals surface area contributed by atoms with Crippen LogP contribution in [0.2, 0.25) is 0 Å². The molecule has 0 rings (SSSR count). The first kappa shape index (κ1) is 8.08. The van der Waals surface area contributed by atoms with Gasteiger partial charge in [-0.05, 0) is 18.6 Å². The Morgan fingerprint density at radius 2 is 2.44 bits per heavy atom. The summed E-state index contributed by atoms with van der Waals surface area (Å²) in [5.74, 6) is 0. The largest absolute Gasteiger partial charge is 0.289 e. The fourth-order valence-corrected chi connectivity index (χ4v) is 0.309. The molecule has 0 aromatic carbocycles. The van der Waals surface area contributed by atoms with Gasteiger partial charge in [-0.25, -0.2) is 4.39 Å². The average Bonchev–Trinajstić information content (AvgIpc) is 1.80. The molecule has 0 fully saturated rings. The molecule has 0 heterocycles. The summed E-state index contributed by atoms with van der Waals surface area (Å²) in [6.45, 7) is 5.81. The summed E-state index contributed by atoms with van der Waals surface area (Å²) in [4.78, 5) is 3.81. The van der Waals surface area contributed by atoms with Gasteiger partial charge in [-0.1, -0.05) is 6.58 Å². The van der Waals surface area contributed by atoms with E-state index in [4.69, 9.17) is 0 Å². The van der Waals surface area contributed by atoms with Crippen LogP contribution < -0.4 is 0 Å². The zero-order valence-electron chi connectivity index (χ0n) is 5.47. The lowest BCUT2D eigenvalue weighted by Gasteiger charge is -1.81. The zero-order valence-corrected chi connectivity index (χ0v) is 5.47. The van der Waals surface area contributed by atoms with Crippen molar-refractivity contribution in [3.8, 4) is 0 Å². The molecule has 50 valence electrons. The highest BCUT2D eigenvalue weighted by Gasteiger charge is 1.72. The van der Waals surface area contributed by atoms with Gasteiger partial charge in [0.2, 0.25) is 0 Å². The van der Waals surface area contributed by atoms with Gasteiger partial charge in [0, 0.05) is 6.21 Å². The van der Waals surface area contributed by atoms with Gasteiger partial charge in [-0.2, -0.15) is 0 Å². The minimum Gasteiger partial charge on any atom is -0.289 e. The lowest BCUT2D eigenvalue weighted by molar-refractivity contribution is 0.717. The standard InChI is InChI=1S/C7H10FN/c1-7(2)6-9-5-3-4-8/h3-4,6H,1,5H2,2H3/b4-3+,9-6?. The summed E-state index contributed by atoms with van der Waals surface area (Å²) >= 11 is 0. The first-order valence-electron chi connectivity index (χ1n) is 2.68. The molecule has 0 radical (unpaired) electrons. The smallest absolute Gasteiger partial charge is 0.0845 e. The number of hydrogen-bond donors (Lipinski definition) is 0. The van der Waals surface area contributed by atoms with Crippen LogP contribution >= 0.6 is 0 Å². The molecule has 0 aliphatic carbocycles. The molecular weight excluding hydrogens is 117 g/mol. The maximum absolute atomic E-state index is 11.2. The number of allylic oxidation sites excluding steroid dienone is 1. The fourth-order valence-electron chi connectivity index (χ4n) is 0.309. The molecule has 0 aromatic rings. The number of nitrogens with zero attached hydrogens (tertiary/aromatic N) is 1. The van der Waals surface area contributed by atoms with Gasteiger partial charge in [0.25, 0.3) is 0 Å². The van der Waals surface area contributed by atoms with E-state index in [1.54, 1.807) is 6.21 Å². The molecule has 0 aliphatic rings. The van der Waals surface area contributed by atoms with Crippen LogP contribution in [0.15, 0.2) is 29.6 Å². The normalized spacial score (nSPS) is 11.3. The number of halogens is 1. The lowest BCUT2D eigenvalue weighted by atomic mass is 10.4. The molecule has 0 saturated heterocycles. The summed E-state index contributed by atoms with van der Waals surface area (Å²) in [5.41, 5.74) is 0.877. The van der Waals surface area contributed by atoms with Gasteiger partial charge in [0.05, 0.1) is 12.9 Å². The Kier molecular flexibility index (Phi) is 4.69. The Morgan fingerprint density at radius 3 is 2.89 bits per heavy atom. The third-order valence-electron chi connectivity index (χ3n) is 0.612. The molecule has 0 amide bonds. The second-order valence-electron chi connectivity index (χ2n) is 1.70. The van der Waals surface area contributed by atoms with Gasteiger partial charge in [-0.15, -0.1) is 0 Å². The molecule has 0 unspecified atom stereocenters. The summed E-state index contributed by atoms with van der Waals surface area (Å²) in [6, 6.07) is 0. The maximum Gasteiger partial charge on any atom is 0.0845 e. The van der Waals surface area contributed by atoms with E-state index in [9.17, 15) is 4.39 Å². The van der Waals surface area contributed by atoms with Crippen LogP contribution in [0.25, 0.3) is 0 Å². The highest BCUT2D eigenvalue weighted by molar-refractivity contribution is 5.76. The van der Waals surface area contributed by atoms with Crippen molar-refractivity contribution in [2.45, 2.75) is 6.92 Å². The fraction of sp³-hybridized carbons (Fsp3) is 0.286. The van der Waals surface area contributed by atoms with Gasteiger partial charge in [0.15, 0.2) is 0 Å². The molecule has 0 spiro atoms. The number of rotatable bonds is 3. The topological polar surface area (TPSA) is 12.4 Å². The third-order valence-corrected chi connectivity index (χ3v) is 0.612. The summed E-state index contributed by atoms with van der Waals surface area (Å²) in [6.07, 6.45) is 3.43. The molecule has 0 saturated carbocycles. The molecule has 9 heavy (non-hydrogen) atoms. The molecule has 0 N–H and O–H groups in total. The third kappa shape index (κ3) is 7.08. The Morgan fingerprint density at radius 1 is 1.78 bits per heavy atom. The summed E-state index contributed by atoms with van der Waals surface area (Å²) < 4.78 is 11.2. The predicted molar refractivity (Wildman–Crippen MR) is 38.4 cm³/mol. The maximum atomic E-state index is 11.2. The van der Waals surface area contributed by atoms with E-state index in [0.717, 1.165) is 5.57 Å². The SMILES string of the molecule is C=C(C)C=NC/C=C/F. The van der Waals surface area contributed by atoms with Crippen molar-refractivity contribution in [1.29, 1.82) is 0 Å². The molecule has 0 aliphatic heterocycles. The summed E-state index contributed by atoms with van der Waals surface area (Å²) in [5, 5.41) is 0. The highest BCUT2D eigenvalue weighted by Crippen LogP contribution is 1.80. The van der Waals surface area contributed by atoms with Crippen LogP contribution in [0, 0.1) is 0 Å². The van der Waals surface area contributed by atoms with Crippen molar-refractivity contribution in [2.75, 3.05) is 6.54 Å². The van der Waals surface area contributed by atoms with E-state index in [1.165, 1.54) is 6.08 Å². The number of aliphatic imine (C=N–C) groups is 1. The quantitative estimate of drug-likeness (QED) is 0.515. The minimum atomic E-state index is 0.392. The van der Waals surface area contributed by atoms with Crippen LogP contribution in [0.5, 0.6) is 0 Å². The van der Waals surface area contributed by atoms with E-state index in [1.807, 2.05) is 6.92 Å². The van der Waals surface area contributed by atoms with Crippen molar-refractivity contribution >= 4 is 6.21 Å². The minimum absolute atomic E-state index is 0.392. The molecule has 0 bridgehead atoms. The van der Waals surface area contributed by atoms with E-state index < -0.39 is 0 Å². The van der Waals surface area contributed by atoms with Gasteiger partial charge in [-0.3, -0.25) is 4.99 Å². The number of hydrogen-bond acceptors (Lipinski definition) is 1. The van der Waals surface area contributed by atoms with Crippen LogP contribution in [0.1, 0.15) is 6.92 Å². The van der Waals surface area contributed by atoms with E-state index in [2.05, 4.69) is 11.6 Å². The monoisotopic (exact) mass is 127 g/mol. The lowest BCUT2D eigenvalue weighted by Crippen LogP contribution is -1.76. The average molecular weight is 127 g/mol. The molecule has 2 heteroatoms. The second kappa shape index (κ2) is 5.22. The van der Waals surface area contributed by atoms with Crippen LogP contribution in [0.3, 0.4) is 0 Å². The molecule has 1 nitrogen and oxygen atoms in total. The first-order valence-corrected chi connectivity index (χ1v) is 2.68. The van der Waals surface area contributed by atoms with Crippen molar-refractivity contribution in [1.82, 2.24) is 0 Å². The predicted octanol–water partition coefficient (Wildman–Crippen LogP) is 2.12. The Balaban J connectivity index is 3.36. The first-order chi connectivity index (χ1) is 4.27. The highest BCUT2D eigenvalue weighted by atomic mass is 19.1. The van der Waals surface area contributed by atoms with Crippen LogP contribution in [-0.2, 0) is 0 Å². The van der Waals surface area contributed by atoms with E-state index in [0.29, 0.717) is 12.9 Å². The van der Waals surface area contributed by atoms with Gasteiger partial charge in [0.1, 0.15) is 0 Å². The molecular formula is C7H10FN. The zero-order chi connectivity index (χ0) is 7.11. The van der Waals surface area contributed by atoms with Gasteiger partial charge >= 0.3 is 0 Å². The molecule has 0 aromatic heterocycles. The Hall–Kier alpha value is -0.920. The van der Waals surface area contributed by atoms with E-state index in [-0.39, 0.29) is 0 Å². The second-order valence-corrected chi connectivity index (χ2v) is 1.70. The van der Waals surface area contributed by atoms with Crippen molar-refractivity contribution in [3.05, 3.63) is 24.6 Å². The van der Waals surface area contributed by atoms with E-state index >= 15 is 0 Å². The van der Waals surface area contributed by atoms with Crippen molar-refractivity contribution < 1.29 is 4.39 Å². The Labute approximate surface area is 54.6 Å². The summed E-state index contributed by atoms with van der Waals surface area (Å²) in [7, 11) is 0. The van der Waals surface area contributed by atoms with Gasteiger partial charge < -0.3 is 0 Å². The van der Waals surface area contributed by atoms with Crippen molar-refractivity contribution in [3.63, 3.8) is 0 Å². The van der Waals surface area contributed by atoms with Crippen LogP contribution in [-0.4, -0.2) is 12.8 Å². The molecule has 0 atom stereocenters. The Bertz CT molecular complexity index is 136. The van der Waals surface area contributed by atoms with Crippen molar-refractivity contribution in [2.24, 2.45) is 4.99 Å².